The third-order valence-corrected chi connectivity index (χ3v) is 4.55. The summed E-state index contributed by atoms with van der Waals surface area (Å²) in [6, 6.07) is 2.72. The number of nitrogens with zero attached hydrogens (tertiary/aromatic N) is 1. The van der Waals surface area contributed by atoms with Crippen LogP contribution in [0, 0.1) is 0 Å². The molecular weight excluding hydrogens is 366 g/mol. The van der Waals surface area contributed by atoms with Gasteiger partial charge in [-0.2, -0.15) is 0 Å². The third kappa shape index (κ3) is 4.52. The van der Waals surface area contributed by atoms with Gasteiger partial charge in [-0.3, -0.25) is 9.59 Å². The number of phenols is 2. The molecule has 1 amide bonds. The number of methoxy groups -OCH3 is 1. The smallest absolute Gasteiger partial charge is 0.227 e. The Labute approximate surface area is 163 Å². The number of ether oxygens (including phenoxy) is 1. The van der Waals surface area contributed by atoms with Gasteiger partial charge >= 0.3 is 0 Å². The van der Waals surface area contributed by atoms with Crippen molar-refractivity contribution in [2.45, 2.75) is 19.8 Å². The average Bonchev–Trinajstić information content (AvgIpc) is 3.13. The molecule has 28 heavy (non-hydrogen) atoms. The highest BCUT2D eigenvalue weighted by Crippen LogP contribution is 2.41. The molecule has 0 atom stereocenters. The van der Waals surface area contributed by atoms with Crippen LogP contribution in [-0.2, 0) is 22.4 Å². The highest BCUT2D eigenvalue weighted by Gasteiger charge is 2.25. The van der Waals surface area contributed by atoms with Gasteiger partial charge in [-0.05, 0) is 23.6 Å². The Morgan fingerprint density at radius 3 is 2.61 bits per heavy atom. The fraction of sp³-hybridized carbons (Fsp3) is 0.400. The van der Waals surface area contributed by atoms with E-state index < -0.39 is 0 Å². The largest absolute Gasteiger partial charge is 0.508 e. The first kappa shape index (κ1) is 21.5. The van der Waals surface area contributed by atoms with Crippen molar-refractivity contribution in [1.29, 1.82) is 0 Å². The molecule has 0 aliphatic rings. The first-order chi connectivity index (χ1) is 13.5. The Morgan fingerprint density at radius 1 is 1.25 bits per heavy atom. The Kier molecular flexibility index (Phi) is 7.60. The second-order valence-corrected chi connectivity index (χ2v) is 6.19. The maximum Gasteiger partial charge on any atom is 0.227 e. The van der Waals surface area contributed by atoms with Crippen molar-refractivity contribution in [3.05, 3.63) is 35.3 Å². The lowest BCUT2D eigenvalue weighted by Crippen LogP contribution is -2.37. The van der Waals surface area contributed by atoms with Crippen molar-refractivity contribution in [3.63, 3.8) is 0 Å². The lowest BCUT2D eigenvalue weighted by Gasteiger charge is -2.23. The number of aromatic hydroxyl groups is 2. The van der Waals surface area contributed by atoms with Gasteiger partial charge in [0.05, 0.1) is 25.9 Å². The van der Waals surface area contributed by atoms with Gasteiger partial charge in [0.15, 0.2) is 12.0 Å². The minimum Gasteiger partial charge on any atom is -0.508 e. The van der Waals surface area contributed by atoms with Crippen LogP contribution in [0.3, 0.4) is 0 Å². The van der Waals surface area contributed by atoms with Gasteiger partial charge in [-0.25, -0.2) is 0 Å². The van der Waals surface area contributed by atoms with Crippen molar-refractivity contribution in [3.8, 4) is 22.6 Å². The molecule has 0 saturated carbocycles. The lowest BCUT2D eigenvalue weighted by atomic mass is 9.90. The number of carbonyl (C=O) groups excluding carboxylic acids is 2. The molecule has 152 valence electrons. The number of hydrogen-bond donors (Lipinski definition) is 3. The SMILES string of the molecule is CCc1c(O)cc(O)c(-c2ccoc2C=O)c1CC(=O)N(CCO)CCOC. The van der Waals surface area contributed by atoms with E-state index in [0.29, 0.717) is 42.5 Å². The molecule has 0 fully saturated rings. The molecule has 2 aromatic rings. The number of aldehydes is 1. The molecule has 8 nitrogen and oxygen atoms in total. The number of hydrogen-bond acceptors (Lipinski definition) is 7. The maximum absolute atomic E-state index is 12.9. The molecular formula is C20H25NO7. The number of furan rings is 1. The standard InChI is InChI=1S/C20H25NO7/c1-3-13-15(10-19(26)21(5-7-22)6-9-27-2)20(17(25)11-16(13)24)14-4-8-28-18(14)12-23/h4,8,11-12,22,24-25H,3,5-7,9-10H2,1-2H3. The summed E-state index contributed by atoms with van der Waals surface area (Å²) < 4.78 is 10.1. The van der Waals surface area contributed by atoms with Crippen LogP contribution in [0.5, 0.6) is 11.5 Å². The quantitative estimate of drug-likeness (QED) is 0.528. The number of amides is 1. The number of phenolic OH excluding ortho intramolecular Hbond substituents is 2. The van der Waals surface area contributed by atoms with Crippen LogP contribution in [0.15, 0.2) is 22.8 Å². The highest BCUT2D eigenvalue weighted by molar-refractivity contribution is 5.91. The number of benzene rings is 1. The molecule has 0 bridgehead atoms. The number of aliphatic hydroxyl groups excluding tert-OH is 1. The minimum atomic E-state index is -0.303. The second-order valence-electron chi connectivity index (χ2n) is 6.19. The minimum absolute atomic E-state index is 0.0170. The van der Waals surface area contributed by atoms with Crippen molar-refractivity contribution < 1.29 is 34.1 Å². The second kappa shape index (κ2) is 9.91. The van der Waals surface area contributed by atoms with E-state index >= 15 is 0 Å². The normalized spacial score (nSPS) is 10.8. The van der Waals surface area contributed by atoms with Crippen LogP contribution < -0.4 is 0 Å². The fourth-order valence-electron chi connectivity index (χ4n) is 3.20. The molecule has 0 aliphatic heterocycles. The highest BCUT2D eigenvalue weighted by atomic mass is 16.5. The molecule has 3 N–H and O–H groups in total. The van der Waals surface area contributed by atoms with Gasteiger partial charge < -0.3 is 29.4 Å². The summed E-state index contributed by atoms with van der Waals surface area (Å²) in [5.74, 6) is -0.674. The predicted molar refractivity (Wildman–Crippen MR) is 101 cm³/mol. The average molecular weight is 391 g/mol. The van der Waals surface area contributed by atoms with E-state index in [1.54, 1.807) is 0 Å². The summed E-state index contributed by atoms with van der Waals surface area (Å²) in [6.45, 7) is 2.35. The fourth-order valence-corrected chi connectivity index (χ4v) is 3.20. The molecule has 1 heterocycles. The van der Waals surface area contributed by atoms with E-state index in [1.807, 2.05) is 6.92 Å². The van der Waals surface area contributed by atoms with Gasteiger partial charge in [-0.15, -0.1) is 0 Å². The van der Waals surface area contributed by atoms with E-state index in [2.05, 4.69) is 0 Å². The van der Waals surface area contributed by atoms with E-state index in [4.69, 9.17) is 9.15 Å². The van der Waals surface area contributed by atoms with Crippen LogP contribution in [0.2, 0.25) is 0 Å². The summed E-state index contributed by atoms with van der Waals surface area (Å²) in [6.07, 6.45) is 2.12. The molecule has 0 saturated heterocycles. The van der Waals surface area contributed by atoms with Crippen LogP contribution in [0.1, 0.15) is 28.6 Å². The Hall–Kier alpha value is -2.84. The molecule has 0 radical (unpaired) electrons. The van der Waals surface area contributed by atoms with Crippen LogP contribution >= 0.6 is 0 Å². The number of aliphatic hydroxyl groups is 1. The summed E-state index contributed by atoms with van der Waals surface area (Å²) in [4.78, 5) is 25.6. The molecule has 0 unspecified atom stereocenters. The van der Waals surface area contributed by atoms with Crippen LogP contribution in [0.4, 0.5) is 0 Å². The van der Waals surface area contributed by atoms with Crippen molar-refractivity contribution >= 4 is 12.2 Å². The lowest BCUT2D eigenvalue weighted by molar-refractivity contribution is -0.131. The number of carbonyl (C=O) groups is 2. The molecule has 8 heteroatoms. The Balaban J connectivity index is 2.54. The van der Waals surface area contributed by atoms with E-state index in [1.165, 1.54) is 30.4 Å². The zero-order valence-electron chi connectivity index (χ0n) is 16.0. The predicted octanol–water partition coefficient (Wildman–Crippen LogP) is 1.74. The van der Waals surface area contributed by atoms with E-state index in [9.17, 15) is 24.9 Å². The number of rotatable bonds is 10. The molecule has 2 rings (SSSR count). The molecule has 1 aromatic carbocycles. The first-order valence-electron chi connectivity index (χ1n) is 8.95. The van der Waals surface area contributed by atoms with Crippen molar-refractivity contribution in [2.75, 3.05) is 33.4 Å². The monoisotopic (exact) mass is 391 g/mol. The van der Waals surface area contributed by atoms with E-state index in [-0.39, 0.29) is 48.3 Å². The van der Waals surface area contributed by atoms with Crippen LogP contribution in [0.25, 0.3) is 11.1 Å². The summed E-state index contributed by atoms with van der Waals surface area (Å²) in [5.41, 5.74) is 1.52. The van der Waals surface area contributed by atoms with Gasteiger partial charge in [0, 0.05) is 37.4 Å². The van der Waals surface area contributed by atoms with E-state index in [0.717, 1.165) is 0 Å². The topological polar surface area (TPSA) is 120 Å². The summed E-state index contributed by atoms with van der Waals surface area (Å²) in [7, 11) is 1.52. The van der Waals surface area contributed by atoms with Gasteiger partial charge in [0.2, 0.25) is 5.91 Å². The third-order valence-electron chi connectivity index (χ3n) is 4.55. The summed E-state index contributed by atoms with van der Waals surface area (Å²) >= 11 is 0. The zero-order valence-corrected chi connectivity index (χ0v) is 16.0. The Morgan fingerprint density at radius 2 is 2.00 bits per heavy atom. The van der Waals surface area contributed by atoms with Gasteiger partial charge in [0.1, 0.15) is 11.5 Å². The maximum atomic E-state index is 12.9. The van der Waals surface area contributed by atoms with Gasteiger partial charge in [0.25, 0.3) is 0 Å². The summed E-state index contributed by atoms with van der Waals surface area (Å²) in [5, 5.41) is 30.0. The molecule has 1 aromatic heterocycles. The van der Waals surface area contributed by atoms with Gasteiger partial charge in [-0.1, -0.05) is 6.92 Å². The zero-order chi connectivity index (χ0) is 20.7. The Bertz CT molecular complexity index is 828. The van der Waals surface area contributed by atoms with Crippen molar-refractivity contribution in [1.82, 2.24) is 4.90 Å². The van der Waals surface area contributed by atoms with Crippen molar-refractivity contribution in [2.24, 2.45) is 0 Å². The molecule has 0 aliphatic carbocycles. The molecule has 0 spiro atoms. The van der Waals surface area contributed by atoms with Crippen LogP contribution in [-0.4, -0.2) is 65.8 Å². The first-order valence-corrected chi connectivity index (χ1v) is 8.95.